The highest BCUT2D eigenvalue weighted by Crippen LogP contribution is 2.25. The highest BCUT2D eigenvalue weighted by Gasteiger charge is 2.17. The van der Waals surface area contributed by atoms with Gasteiger partial charge in [0.25, 0.3) is 5.91 Å². The average molecular weight is 431 g/mol. The number of carbonyl (C=O) groups excluding carboxylic acids is 1. The quantitative estimate of drug-likeness (QED) is 0.488. The van der Waals surface area contributed by atoms with E-state index in [-0.39, 0.29) is 16.6 Å². The molecular weight excluding hydrogens is 408 g/mol. The molecule has 1 aromatic heterocycles. The summed E-state index contributed by atoms with van der Waals surface area (Å²) in [7, 11) is -3.54. The number of furan rings is 1. The molecule has 3 rings (SSSR count). The van der Waals surface area contributed by atoms with E-state index in [9.17, 15) is 13.2 Å². The van der Waals surface area contributed by atoms with Crippen LogP contribution >= 0.6 is 11.8 Å². The minimum absolute atomic E-state index is 0.155. The minimum atomic E-state index is -3.54. The summed E-state index contributed by atoms with van der Waals surface area (Å²) in [5, 5.41) is 2.75. The molecule has 3 aromatic rings. The Kier molecular flexibility index (Phi) is 7.13. The Hall–Kier alpha value is -2.55. The van der Waals surface area contributed by atoms with E-state index < -0.39 is 10.0 Å². The fourth-order valence-electron chi connectivity index (χ4n) is 2.55. The van der Waals surface area contributed by atoms with Crippen LogP contribution in [0.2, 0.25) is 0 Å². The second-order valence-corrected chi connectivity index (χ2v) is 9.07. The number of benzene rings is 2. The van der Waals surface area contributed by atoms with E-state index in [4.69, 9.17) is 4.42 Å². The van der Waals surface area contributed by atoms with Crippen molar-refractivity contribution in [2.45, 2.75) is 28.9 Å². The van der Waals surface area contributed by atoms with Gasteiger partial charge in [0.1, 0.15) is 0 Å². The van der Waals surface area contributed by atoms with Crippen LogP contribution in [0.5, 0.6) is 0 Å². The lowest BCUT2D eigenvalue weighted by Gasteiger charge is -2.08. The maximum absolute atomic E-state index is 12.6. The van der Waals surface area contributed by atoms with Gasteiger partial charge in [0.2, 0.25) is 10.0 Å². The van der Waals surface area contributed by atoms with Crippen LogP contribution in [0.1, 0.15) is 29.5 Å². The fraction of sp³-hybridized carbons (Fsp3) is 0.190. The van der Waals surface area contributed by atoms with Crippen LogP contribution in [0.15, 0.2) is 81.1 Å². The van der Waals surface area contributed by atoms with Crippen molar-refractivity contribution in [3.63, 3.8) is 0 Å². The predicted molar refractivity (Wildman–Crippen MR) is 115 cm³/mol. The second kappa shape index (κ2) is 9.78. The average Bonchev–Trinajstić information content (AvgIpc) is 3.21. The van der Waals surface area contributed by atoms with E-state index in [0.717, 1.165) is 10.5 Å². The zero-order valence-electron chi connectivity index (χ0n) is 15.9. The molecule has 152 valence electrons. The number of hydrogen-bond donors (Lipinski definition) is 2. The van der Waals surface area contributed by atoms with Gasteiger partial charge in [-0.25, -0.2) is 13.1 Å². The molecular formula is C21H22N2O4S2. The van der Waals surface area contributed by atoms with Crippen LogP contribution in [-0.4, -0.2) is 20.9 Å². The first-order chi connectivity index (χ1) is 14.0. The molecule has 0 saturated heterocycles. The first-order valence-electron chi connectivity index (χ1n) is 9.15. The standard InChI is InChI=1S/C21H22N2O4S2/c1-2-13-22-29(25,26)19-10-8-17(9-11-19)23-21(24)20-16(12-14-27-20)15-28-18-6-4-3-5-7-18/h3-12,14,22H,2,13,15H2,1H3,(H,23,24). The highest BCUT2D eigenvalue weighted by atomic mass is 32.2. The third-order valence-corrected chi connectivity index (χ3v) is 6.59. The van der Waals surface area contributed by atoms with Gasteiger partial charge in [-0.2, -0.15) is 0 Å². The lowest BCUT2D eigenvalue weighted by Crippen LogP contribution is -2.24. The van der Waals surface area contributed by atoms with Crippen molar-refractivity contribution in [2.24, 2.45) is 0 Å². The summed E-state index contributed by atoms with van der Waals surface area (Å²) < 4.78 is 32.1. The molecule has 6 nitrogen and oxygen atoms in total. The van der Waals surface area contributed by atoms with E-state index in [1.165, 1.54) is 18.4 Å². The Morgan fingerprint density at radius 1 is 1.03 bits per heavy atom. The van der Waals surface area contributed by atoms with Crippen LogP contribution in [-0.2, 0) is 15.8 Å². The Morgan fingerprint density at radius 3 is 2.45 bits per heavy atom. The van der Waals surface area contributed by atoms with Gasteiger partial charge in [-0.15, -0.1) is 11.8 Å². The summed E-state index contributed by atoms with van der Waals surface area (Å²) in [6.07, 6.45) is 2.20. The molecule has 0 unspecified atom stereocenters. The van der Waals surface area contributed by atoms with Crippen LogP contribution in [0.3, 0.4) is 0 Å². The summed E-state index contributed by atoms with van der Waals surface area (Å²) in [5.41, 5.74) is 1.28. The van der Waals surface area contributed by atoms with Crippen molar-refractivity contribution in [3.05, 3.63) is 78.3 Å². The number of thioether (sulfide) groups is 1. The summed E-state index contributed by atoms with van der Waals surface area (Å²) >= 11 is 1.61. The number of carbonyl (C=O) groups is 1. The molecule has 0 aliphatic carbocycles. The molecule has 0 radical (unpaired) electrons. The number of anilines is 1. The lowest BCUT2D eigenvalue weighted by molar-refractivity contribution is 0.0995. The third-order valence-electron chi connectivity index (χ3n) is 4.06. The number of amides is 1. The van der Waals surface area contributed by atoms with E-state index >= 15 is 0 Å². The topological polar surface area (TPSA) is 88.4 Å². The zero-order chi connectivity index (χ0) is 20.7. The number of sulfonamides is 1. The number of hydrogen-bond acceptors (Lipinski definition) is 5. The Bertz CT molecular complexity index is 1050. The summed E-state index contributed by atoms with van der Waals surface area (Å²) in [6.45, 7) is 2.27. The van der Waals surface area contributed by atoms with Crippen LogP contribution in [0.25, 0.3) is 0 Å². The Balaban J connectivity index is 1.64. The maximum Gasteiger partial charge on any atom is 0.291 e. The number of rotatable bonds is 9. The first kappa shape index (κ1) is 21.2. The molecule has 2 aromatic carbocycles. The zero-order valence-corrected chi connectivity index (χ0v) is 17.6. The summed E-state index contributed by atoms with van der Waals surface area (Å²) in [4.78, 5) is 13.8. The molecule has 0 spiro atoms. The van der Waals surface area contributed by atoms with Crippen molar-refractivity contribution in [3.8, 4) is 0 Å². The molecule has 29 heavy (non-hydrogen) atoms. The molecule has 1 heterocycles. The van der Waals surface area contributed by atoms with Crippen LogP contribution in [0, 0.1) is 0 Å². The van der Waals surface area contributed by atoms with Crippen molar-refractivity contribution in [1.82, 2.24) is 4.72 Å². The maximum atomic E-state index is 12.6. The SMILES string of the molecule is CCCNS(=O)(=O)c1ccc(NC(=O)c2occc2CSc2ccccc2)cc1. The molecule has 0 bridgehead atoms. The normalized spacial score (nSPS) is 11.3. The van der Waals surface area contributed by atoms with Crippen LogP contribution in [0.4, 0.5) is 5.69 Å². The monoisotopic (exact) mass is 430 g/mol. The first-order valence-corrected chi connectivity index (χ1v) is 11.6. The summed E-state index contributed by atoms with van der Waals surface area (Å²) in [5.74, 6) is 0.469. The van der Waals surface area contributed by atoms with Gasteiger partial charge in [0.05, 0.1) is 11.2 Å². The van der Waals surface area contributed by atoms with Crippen molar-refractivity contribution >= 4 is 33.4 Å². The fourth-order valence-corrected chi connectivity index (χ4v) is 4.58. The van der Waals surface area contributed by atoms with Gasteiger partial charge in [-0.1, -0.05) is 25.1 Å². The van der Waals surface area contributed by atoms with Crippen LogP contribution < -0.4 is 10.0 Å². The van der Waals surface area contributed by atoms with Crippen molar-refractivity contribution < 1.29 is 17.6 Å². The molecule has 0 aliphatic heterocycles. The van der Waals surface area contributed by atoms with Gasteiger partial charge in [-0.05, 0) is 48.9 Å². The van der Waals surface area contributed by atoms with Gasteiger partial charge >= 0.3 is 0 Å². The highest BCUT2D eigenvalue weighted by molar-refractivity contribution is 7.98. The molecule has 8 heteroatoms. The van der Waals surface area contributed by atoms with Crippen molar-refractivity contribution in [2.75, 3.05) is 11.9 Å². The Labute approximate surface area is 174 Å². The smallest absolute Gasteiger partial charge is 0.291 e. The van der Waals surface area contributed by atoms with Crippen molar-refractivity contribution in [1.29, 1.82) is 0 Å². The molecule has 0 fully saturated rings. The second-order valence-electron chi connectivity index (χ2n) is 6.25. The third kappa shape index (κ3) is 5.72. The van der Waals surface area contributed by atoms with E-state index in [1.54, 1.807) is 30.0 Å². The predicted octanol–water partition coefficient (Wildman–Crippen LogP) is 4.51. The van der Waals surface area contributed by atoms with Gasteiger partial charge in [-0.3, -0.25) is 4.79 Å². The van der Waals surface area contributed by atoms with Gasteiger partial charge in [0.15, 0.2) is 5.76 Å². The number of nitrogens with one attached hydrogen (secondary N) is 2. The molecule has 1 amide bonds. The van der Waals surface area contributed by atoms with E-state index in [2.05, 4.69) is 10.0 Å². The van der Waals surface area contributed by atoms with Gasteiger partial charge in [0, 0.05) is 28.4 Å². The molecule has 2 N–H and O–H groups in total. The van der Waals surface area contributed by atoms with E-state index in [1.807, 2.05) is 37.3 Å². The summed E-state index contributed by atoms with van der Waals surface area (Å²) in [6, 6.07) is 17.7. The molecule has 0 saturated carbocycles. The molecule has 0 atom stereocenters. The minimum Gasteiger partial charge on any atom is -0.459 e. The Morgan fingerprint density at radius 2 is 1.76 bits per heavy atom. The lowest BCUT2D eigenvalue weighted by atomic mass is 10.2. The van der Waals surface area contributed by atoms with E-state index in [0.29, 0.717) is 24.4 Å². The largest absolute Gasteiger partial charge is 0.459 e. The van der Waals surface area contributed by atoms with Gasteiger partial charge < -0.3 is 9.73 Å². The molecule has 0 aliphatic rings.